The summed E-state index contributed by atoms with van der Waals surface area (Å²) in [7, 11) is 0. The van der Waals surface area contributed by atoms with Gasteiger partial charge in [-0.2, -0.15) is 13.2 Å². The summed E-state index contributed by atoms with van der Waals surface area (Å²) in [4.78, 5) is 18.0. The van der Waals surface area contributed by atoms with Gasteiger partial charge in [-0.05, 0) is 32.8 Å². The molecule has 0 radical (unpaired) electrons. The lowest BCUT2D eigenvalue weighted by Crippen LogP contribution is -2.46. The van der Waals surface area contributed by atoms with E-state index in [0.29, 0.717) is 12.2 Å². The first-order valence-electron chi connectivity index (χ1n) is 7.46. The van der Waals surface area contributed by atoms with Gasteiger partial charge in [0.25, 0.3) is 5.91 Å². The van der Waals surface area contributed by atoms with Crippen molar-refractivity contribution in [1.29, 1.82) is 0 Å². The minimum absolute atomic E-state index is 0.0161. The molecule has 1 saturated heterocycles. The second-order valence-corrected chi connectivity index (χ2v) is 6.34. The summed E-state index contributed by atoms with van der Waals surface area (Å²) >= 11 is 5.78. The van der Waals surface area contributed by atoms with Crippen LogP contribution in [0.4, 0.5) is 13.2 Å². The summed E-state index contributed by atoms with van der Waals surface area (Å²) in [6.45, 7) is 5.98. The van der Waals surface area contributed by atoms with Gasteiger partial charge in [0.1, 0.15) is 5.69 Å². The molecule has 8 heteroatoms. The van der Waals surface area contributed by atoms with E-state index in [-0.39, 0.29) is 16.8 Å². The van der Waals surface area contributed by atoms with E-state index in [4.69, 9.17) is 11.6 Å². The van der Waals surface area contributed by atoms with Crippen LogP contribution in [-0.4, -0.2) is 41.0 Å². The third-order valence-electron chi connectivity index (χ3n) is 3.98. The Balaban J connectivity index is 1.99. The monoisotopic (exact) mass is 349 g/mol. The molecule has 0 bridgehead atoms. The number of amides is 1. The minimum Gasteiger partial charge on any atom is -0.348 e. The summed E-state index contributed by atoms with van der Waals surface area (Å²) < 4.78 is 37.7. The Morgan fingerprint density at radius 1 is 1.39 bits per heavy atom. The summed E-state index contributed by atoms with van der Waals surface area (Å²) in [6.07, 6.45) is -2.32. The summed E-state index contributed by atoms with van der Waals surface area (Å²) in [5.41, 5.74) is -1.14. The maximum atomic E-state index is 12.6. The Kier molecular flexibility index (Phi) is 5.52. The van der Waals surface area contributed by atoms with Gasteiger partial charge >= 0.3 is 6.18 Å². The number of likely N-dealkylation sites (tertiary alicyclic amines) is 1. The van der Waals surface area contributed by atoms with Crippen LogP contribution in [0.2, 0.25) is 5.02 Å². The highest BCUT2D eigenvalue weighted by Gasteiger charge is 2.32. The van der Waals surface area contributed by atoms with Crippen LogP contribution >= 0.6 is 11.6 Å². The van der Waals surface area contributed by atoms with Crippen LogP contribution < -0.4 is 5.32 Å². The van der Waals surface area contributed by atoms with Crippen LogP contribution in [0.15, 0.2) is 12.3 Å². The number of piperidine rings is 1. The van der Waals surface area contributed by atoms with Crippen molar-refractivity contribution < 1.29 is 18.0 Å². The molecule has 4 nitrogen and oxygen atoms in total. The molecule has 128 valence electrons. The average Bonchev–Trinajstić information content (AvgIpc) is 2.46. The average molecular weight is 350 g/mol. The molecule has 2 rings (SSSR count). The highest BCUT2D eigenvalue weighted by Crippen LogP contribution is 2.31. The van der Waals surface area contributed by atoms with Crippen LogP contribution in [0.3, 0.4) is 0 Å². The van der Waals surface area contributed by atoms with E-state index in [1.54, 1.807) is 0 Å². The van der Waals surface area contributed by atoms with E-state index in [1.807, 2.05) is 0 Å². The number of halogens is 4. The number of nitrogens with one attached hydrogen (secondary N) is 1. The van der Waals surface area contributed by atoms with Crippen molar-refractivity contribution in [3.05, 3.63) is 28.5 Å². The summed E-state index contributed by atoms with van der Waals surface area (Å²) in [5.74, 6) is -0.535. The van der Waals surface area contributed by atoms with Crippen LogP contribution in [0.1, 0.15) is 42.7 Å². The Morgan fingerprint density at radius 3 is 2.48 bits per heavy atom. The van der Waals surface area contributed by atoms with Crippen molar-refractivity contribution in [2.24, 2.45) is 0 Å². The van der Waals surface area contributed by atoms with E-state index >= 15 is 0 Å². The molecule has 0 aliphatic carbocycles. The molecule has 1 aromatic heterocycles. The molecule has 0 aromatic carbocycles. The molecule has 1 amide bonds. The molecule has 0 saturated carbocycles. The maximum Gasteiger partial charge on any atom is 0.417 e. The fourth-order valence-electron chi connectivity index (χ4n) is 2.57. The summed E-state index contributed by atoms with van der Waals surface area (Å²) in [6, 6.07) is 1.17. The number of hydrogen-bond acceptors (Lipinski definition) is 3. The van der Waals surface area contributed by atoms with E-state index in [2.05, 4.69) is 29.0 Å². The van der Waals surface area contributed by atoms with Crippen molar-refractivity contribution in [3.63, 3.8) is 0 Å². The topological polar surface area (TPSA) is 45.2 Å². The van der Waals surface area contributed by atoms with Crippen LogP contribution in [0.5, 0.6) is 0 Å². The Bertz CT molecular complexity index is 570. The van der Waals surface area contributed by atoms with Gasteiger partial charge in [0.2, 0.25) is 0 Å². The third-order valence-corrected chi connectivity index (χ3v) is 4.27. The lowest BCUT2D eigenvalue weighted by Gasteiger charge is -2.34. The van der Waals surface area contributed by atoms with Crippen LogP contribution in [-0.2, 0) is 6.18 Å². The number of hydrogen-bond donors (Lipinski definition) is 1. The van der Waals surface area contributed by atoms with Crippen molar-refractivity contribution in [2.75, 3.05) is 13.1 Å². The molecule has 1 aromatic rings. The molecule has 0 spiro atoms. The number of alkyl halides is 3. The molecule has 0 unspecified atom stereocenters. The zero-order valence-corrected chi connectivity index (χ0v) is 13.7. The van der Waals surface area contributed by atoms with Gasteiger partial charge in [-0.3, -0.25) is 4.79 Å². The highest BCUT2D eigenvalue weighted by atomic mass is 35.5. The fourth-order valence-corrected chi connectivity index (χ4v) is 2.83. The van der Waals surface area contributed by atoms with Gasteiger partial charge in [0.15, 0.2) is 0 Å². The lowest BCUT2D eigenvalue weighted by atomic mass is 10.0. The van der Waals surface area contributed by atoms with Gasteiger partial charge in [-0.15, -0.1) is 0 Å². The molecule has 1 aliphatic rings. The SMILES string of the molecule is CC(C)N1CCC(NC(=O)c2ncc(C(F)(F)F)cc2Cl)CC1. The number of pyridine rings is 1. The van der Waals surface area contributed by atoms with Crippen molar-refractivity contribution in [1.82, 2.24) is 15.2 Å². The van der Waals surface area contributed by atoms with Crippen LogP contribution in [0.25, 0.3) is 0 Å². The van der Waals surface area contributed by atoms with Gasteiger partial charge < -0.3 is 10.2 Å². The zero-order valence-electron chi connectivity index (χ0n) is 13.0. The lowest BCUT2D eigenvalue weighted by molar-refractivity contribution is -0.137. The zero-order chi connectivity index (χ0) is 17.2. The molecular weight excluding hydrogens is 331 g/mol. The standard InChI is InChI=1S/C15H19ClF3N3O/c1-9(2)22-5-3-11(4-6-22)21-14(23)13-12(16)7-10(8-20-13)15(17,18)19/h7-9,11H,3-6H2,1-2H3,(H,21,23). The van der Waals surface area contributed by atoms with E-state index < -0.39 is 17.6 Å². The summed E-state index contributed by atoms with van der Waals surface area (Å²) in [5, 5.41) is 2.51. The van der Waals surface area contributed by atoms with E-state index in [0.717, 1.165) is 32.0 Å². The number of carbonyl (C=O) groups is 1. The molecule has 0 atom stereocenters. The molecule has 1 aliphatic heterocycles. The van der Waals surface area contributed by atoms with Gasteiger partial charge in [-0.1, -0.05) is 11.6 Å². The minimum atomic E-state index is -4.53. The normalized spacial score (nSPS) is 17.5. The third kappa shape index (κ3) is 4.57. The first-order valence-corrected chi connectivity index (χ1v) is 7.84. The van der Waals surface area contributed by atoms with Crippen molar-refractivity contribution >= 4 is 17.5 Å². The predicted molar refractivity (Wildman–Crippen MR) is 81.4 cm³/mol. The smallest absolute Gasteiger partial charge is 0.348 e. The maximum absolute atomic E-state index is 12.6. The second kappa shape index (κ2) is 7.05. The quantitative estimate of drug-likeness (QED) is 0.910. The first-order chi connectivity index (χ1) is 10.7. The Hall–Kier alpha value is -1.34. The van der Waals surface area contributed by atoms with Crippen molar-refractivity contribution in [3.8, 4) is 0 Å². The first kappa shape index (κ1) is 18.0. The van der Waals surface area contributed by atoms with Gasteiger partial charge in [-0.25, -0.2) is 4.98 Å². The van der Waals surface area contributed by atoms with Crippen LogP contribution in [0, 0.1) is 0 Å². The Morgan fingerprint density at radius 2 is 2.00 bits per heavy atom. The van der Waals surface area contributed by atoms with E-state index in [1.165, 1.54) is 0 Å². The number of aromatic nitrogens is 1. The fraction of sp³-hybridized carbons (Fsp3) is 0.600. The highest BCUT2D eigenvalue weighted by molar-refractivity contribution is 6.33. The largest absolute Gasteiger partial charge is 0.417 e. The van der Waals surface area contributed by atoms with Gasteiger partial charge in [0.05, 0.1) is 10.6 Å². The number of carbonyl (C=O) groups excluding carboxylic acids is 1. The number of rotatable bonds is 3. The van der Waals surface area contributed by atoms with E-state index in [9.17, 15) is 18.0 Å². The predicted octanol–water partition coefficient (Wildman–Crippen LogP) is 3.36. The number of nitrogens with zero attached hydrogens (tertiary/aromatic N) is 2. The van der Waals surface area contributed by atoms with Crippen molar-refractivity contribution in [2.45, 2.75) is 44.9 Å². The molecule has 1 N–H and O–H groups in total. The molecule has 1 fully saturated rings. The Labute approximate surface area is 138 Å². The second-order valence-electron chi connectivity index (χ2n) is 5.93. The molecule has 23 heavy (non-hydrogen) atoms. The molecular formula is C15H19ClF3N3O. The van der Waals surface area contributed by atoms with Gasteiger partial charge in [0, 0.05) is 31.4 Å². The molecule has 2 heterocycles.